The van der Waals surface area contributed by atoms with Crippen LogP contribution in [0.3, 0.4) is 0 Å². The van der Waals surface area contributed by atoms with Crippen molar-refractivity contribution in [1.29, 1.82) is 0 Å². The summed E-state index contributed by atoms with van der Waals surface area (Å²) in [6.45, 7) is 0.725. The van der Waals surface area contributed by atoms with Crippen LogP contribution in [-0.2, 0) is 6.54 Å². The first-order valence-electron chi connectivity index (χ1n) is 9.37. The third-order valence-electron chi connectivity index (χ3n) is 4.62. The Morgan fingerprint density at radius 1 is 1.24 bits per heavy atom. The lowest BCUT2D eigenvalue weighted by Gasteiger charge is -2.32. The molecule has 0 unspecified atom stereocenters. The molecule has 0 spiro atoms. The van der Waals surface area contributed by atoms with Crippen molar-refractivity contribution in [1.82, 2.24) is 15.5 Å². The van der Waals surface area contributed by atoms with E-state index in [-0.39, 0.29) is 24.5 Å². The summed E-state index contributed by atoms with van der Waals surface area (Å²) >= 11 is 1.48. The zero-order valence-electron chi connectivity index (χ0n) is 15.8. The number of amides is 3. The molecule has 0 saturated carbocycles. The second-order valence-corrected chi connectivity index (χ2v) is 7.54. The van der Waals surface area contributed by atoms with Gasteiger partial charge in [0.25, 0.3) is 12.3 Å². The first kappa shape index (κ1) is 21.0. The fourth-order valence-corrected chi connectivity index (χ4v) is 3.72. The summed E-state index contributed by atoms with van der Waals surface area (Å²) in [6.07, 6.45) is -1.14. The summed E-state index contributed by atoms with van der Waals surface area (Å²) in [7, 11) is 0. The van der Waals surface area contributed by atoms with E-state index in [9.17, 15) is 18.4 Å². The Labute approximate surface area is 171 Å². The predicted molar refractivity (Wildman–Crippen MR) is 107 cm³/mol. The molecule has 0 atom stereocenters. The van der Waals surface area contributed by atoms with E-state index >= 15 is 0 Å². The van der Waals surface area contributed by atoms with Crippen molar-refractivity contribution in [2.75, 3.05) is 19.7 Å². The van der Waals surface area contributed by atoms with Crippen LogP contribution >= 0.6 is 11.3 Å². The summed E-state index contributed by atoms with van der Waals surface area (Å²) in [5.74, 6) is 0.266. The molecule has 1 aromatic carbocycles. The van der Waals surface area contributed by atoms with Gasteiger partial charge >= 0.3 is 6.03 Å². The van der Waals surface area contributed by atoms with Crippen LogP contribution in [-0.4, -0.2) is 49.0 Å². The summed E-state index contributed by atoms with van der Waals surface area (Å²) < 4.78 is 29.5. The Morgan fingerprint density at radius 2 is 2.03 bits per heavy atom. The number of likely N-dealkylation sites (tertiary alicyclic amines) is 1. The molecule has 1 aliphatic rings. The van der Waals surface area contributed by atoms with Crippen molar-refractivity contribution < 1.29 is 23.1 Å². The summed E-state index contributed by atoms with van der Waals surface area (Å²) in [6, 6.07) is 8.38. The van der Waals surface area contributed by atoms with Crippen LogP contribution in [0.5, 0.6) is 5.75 Å². The van der Waals surface area contributed by atoms with Gasteiger partial charge in [-0.2, -0.15) is 11.3 Å². The molecule has 3 amide bonds. The number of nitrogens with zero attached hydrogens (tertiary/aromatic N) is 1. The van der Waals surface area contributed by atoms with Gasteiger partial charge in [-0.05, 0) is 42.0 Å². The van der Waals surface area contributed by atoms with Crippen LogP contribution in [0.4, 0.5) is 13.6 Å². The highest BCUT2D eigenvalue weighted by atomic mass is 32.1. The Balaban J connectivity index is 1.41. The lowest BCUT2D eigenvalue weighted by molar-refractivity contribution is 0.0818. The third-order valence-corrected chi connectivity index (χ3v) is 5.30. The highest BCUT2D eigenvalue weighted by Crippen LogP contribution is 2.15. The predicted octanol–water partition coefficient (Wildman–Crippen LogP) is 3.50. The van der Waals surface area contributed by atoms with Gasteiger partial charge in [0.1, 0.15) is 12.4 Å². The molecule has 6 nitrogen and oxygen atoms in total. The molecule has 0 radical (unpaired) electrons. The fraction of sp³-hybridized carbons (Fsp3) is 0.400. The minimum absolute atomic E-state index is 0.0510. The number of piperidine rings is 1. The van der Waals surface area contributed by atoms with Gasteiger partial charge in [0.2, 0.25) is 0 Å². The Morgan fingerprint density at radius 3 is 2.72 bits per heavy atom. The van der Waals surface area contributed by atoms with E-state index in [4.69, 9.17) is 4.74 Å². The van der Waals surface area contributed by atoms with Gasteiger partial charge in [0.05, 0.1) is 0 Å². The number of rotatable bonds is 7. The number of benzene rings is 1. The van der Waals surface area contributed by atoms with Gasteiger partial charge in [0, 0.05) is 36.6 Å². The molecule has 1 aromatic heterocycles. The molecular weight excluding hydrogens is 400 g/mol. The lowest BCUT2D eigenvalue weighted by Crippen LogP contribution is -2.49. The average molecular weight is 423 g/mol. The van der Waals surface area contributed by atoms with Crippen molar-refractivity contribution >= 4 is 23.3 Å². The monoisotopic (exact) mass is 423 g/mol. The molecule has 9 heteroatoms. The summed E-state index contributed by atoms with van der Waals surface area (Å²) in [5, 5.41) is 9.52. The average Bonchev–Trinajstić information content (AvgIpc) is 3.26. The third kappa shape index (κ3) is 6.42. The van der Waals surface area contributed by atoms with Gasteiger partial charge in [-0.1, -0.05) is 12.1 Å². The van der Waals surface area contributed by atoms with Gasteiger partial charge in [-0.25, -0.2) is 13.6 Å². The Kier molecular flexibility index (Phi) is 7.40. The second-order valence-electron chi connectivity index (χ2n) is 6.76. The van der Waals surface area contributed by atoms with Crippen LogP contribution in [0.25, 0.3) is 0 Å². The van der Waals surface area contributed by atoms with Crippen LogP contribution in [0.15, 0.2) is 41.1 Å². The molecule has 0 bridgehead atoms. The molecule has 2 N–H and O–H groups in total. The van der Waals surface area contributed by atoms with Crippen LogP contribution in [0, 0.1) is 0 Å². The topological polar surface area (TPSA) is 70.7 Å². The standard InChI is InChI=1S/C20H23F2N3O3S/c21-18(22)12-28-17-3-1-2-14(10-17)11-23-20(27)25-7-4-16(5-8-25)24-19(26)15-6-9-29-13-15/h1-3,6,9-10,13,16,18H,4-5,7-8,11-12H2,(H,23,27)(H,24,26). The number of alkyl halides is 2. The Hall–Kier alpha value is -2.68. The minimum atomic E-state index is -2.53. The zero-order chi connectivity index (χ0) is 20.6. The number of carbonyl (C=O) groups is 2. The van der Waals surface area contributed by atoms with Gasteiger partial charge in [-0.3, -0.25) is 4.79 Å². The maximum Gasteiger partial charge on any atom is 0.317 e. The maximum atomic E-state index is 12.4. The maximum absolute atomic E-state index is 12.4. The molecule has 1 fully saturated rings. The van der Waals surface area contributed by atoms with Crippen molar-refractivity contribution in [3.8, 4) is 5.75 Å². The smallest absolute Gasteiger partial charge is 0.317 e. The lowest BCUT2D eigenvalue weighted by atomic mass is 10.0. The number of halogens is 2. The van der Waals surface area contributed by atoms with Gasteiger partial charge < -0.3 is 20.3 Å². The highest BCUT2D eigenvalue weighted by molar-refractivity contribution is 7.08. The first-order valence-corrected chi connectivity index (χ1v) is 10.3. The van der Waals surface area contributed by atoms with Crippen molar-refractivity contribution in [2.45, 2.75) is 31.9 Å². The Bertz CT molecular complexity index is 809. The number of carbonyl (C=O) groups excluding carboxylic acids is 2. The largest absolute Gasteiger partial charge is 0.488 e. The highest BCUT2D eigenvalue weighted by Gasteiger charge is 2.24. The van der Waals surface area contributed by atoms with Crippen LogP contribution in [0.1, 0.15) is 28.8 Å². The molecule has 2 aromatic rings. The number of hydrogen-bond donors (Lipinski definition) is 2. The van der Waals surface area contributed by atoms with Crippen molar-refractivity contribution in [2.24, 2.45) is 0 Å². The number of thiophene rings is 1. The fourth-order valence-electron chi connectivity index (χ4n) is 3.08. The van der Waals surface area contributed by atoms with Crippen LogP contribution in [0.2, 0.25) is 0 Å². The molecule has 1 saturated heterocycles. The van der Waals surface area contributed by atoms with E-state index in [1.54, 1.807) is 35.2 Å². The van der Waals surface area contributed by atoms with E-state index in [1.165, 1.54) is 11.3 Å². The second kappa shape index (κ2) is 10.2. The molecule has 156 valence electrons. The summed E-state index contributed by atoms with van der Waals surface area (Å²) in [5.41, 5.74) is 1.43. The normalized spacial score (nSPS) is 14.7. The van der Waals surface area contributed by atoms with Crippen molar-refractivity contribution in [3.63, 3.8) is 0 Å². The van der Waals surface area contributed by atoms with E-state index in [2.05, 4.69) is 10.6 Å². The molecular formula is C20H23F2N3O3S. The van der Waals surface area contributed by atoms with E-state index < -0.39 is 13.0 Å². The summed E-state index contributed by atoms with van der Waals surface area (Å²) in [4.78, 5) is 26.2. The van der Waals surface area contributed by atoms with Crippen LogP contribution < -0.4 is 15.4 Å². The first-order chi connectivity index (χ1) is 14.0. The van der Waals surface area contributed by atoms with E-state index in [0.717, 1.165) is 5.56 Å². The molecule has 2 heterocycles. The molecule has 29 heavy (non-hydrogen) atoms. The minimum Gasteiger partial charge on any atom is -0.488 e. The number of hydrogen-bond acceptors (Lipinski definition) is 4. The van der Waals surface area contributed by atoms with E-state index in [1.807, 2.05) is 10.8 Å². The number of urea groups is 1. The van der Waals surface area contributed by atoms with Crippen molar-refractivity contribution in [3.05, 3.63) is 52.2 Å². The zero-order valence-corrected chi connectivity index (χ0v) is 16.6. The molecule has 0 aliphatic carbocycles. The number of nitrogens with one attached hydrogen (secondary N) is 2. The van der Waals surface area contributed by atoms with Gasteiger partial charge in [-0.15, -0.1) is 0 Å². The van der Waals surface area contributed by atoms with Gasteiger partial charge in [0.15, 0.2) is 0 Å². The molecule has 3 rings (SSSR count). The van der Waals surface area contributed by atoms with E-state index in [0.29, 0.717) is 37.2 Å². The molecule has 1 aliphatic heterocycles. The number of ether oxygens (including phenoxy) is 1. The SMILES string of the molecule is O=C(NC1CCN(C(=O)NCc2cccc(OCC(F)F)c2)CC1)c1ccsc1. The quantitative estimate of drug-likeness (QED) is 0.716.